The van der Waals surface area contributed by atoms with Crippen LogP contribution in [-0.4, -0.2) is 64.8 Å². The largest absolute Gasteiger partial charge is 0.465 e. The Balaban J connectivity index is 2.42. The number of hydrogen-bond donors (Lipinski definition) is 0. The van der Waals surface area contributed by atoms with Crippen molar-refractivity contribution in [2.24, 2.45) is 0 Å². The fraction of sp³-hybridized carbons (Fsp3) is 0.407. The zero-order chi connectivity index (χ0) is 27.8. The number of nitrogens with zero attached hydrogens (tertiary/aromatic N) is 3. The maximum absolute atomic E-state index is 13.1. The van der Waals surface area contributed by atoms with Crippen LogP contribution >= 0.6 is 0 Å². The fourth-order valence-corrected chi connectivity index (χ4v) is 4.06. The van der Waals surface area contributed by atoms with Crippen molar-refractivity contribution in [3.63, 3.8) is 0 Å². The number of fused-ring (bicyclic) bond motifs is 1. The Hall–Kier alpha value is -4.28. The highest BCUT2D eigenvalue weighted by Crippen LogP contribution is 2.35. The molecule has 11 heteroatoms. The van der Waals surface area contributed by atoms with E-state index in [0.29, 0.717) is 10.9 Å². The lowest BCUT2D eigenvalue weighted by molar-refractivity contribution is -0.159. The molecule has 11 nitrogen and oxygen atoms in total. The van der Waals surface area contributed by atoms with Gasteiger partial charge in [-0.3, -0.25) is 23.7 Å². The second-order valence-corrected chi connectivity index (χ2v) is 8.12. The lowest BCUT2D eigenvalue weighted by Gasteiger charge is -2.19. The van der Waals surface area contributed by atoms with E-state index < -0.39 is 35.7 Å². The molecule has 0 spiro atoms. The molecule has 3 aromatic rings. The summed E-state index contributed by atoms with van der Waals surface area (Å²) >= 11 is 0. The molecular formula is C27H31N3O8. The van der Waals surface area contributed by atoms with Gasteiger partial charge in [-0.15, -0.1) is 0 Å². The van der Waals surface area contributed by atoms with Crippen LogP contribution in [0.3, 0.4) is 0 Å². The van der Waals surface area contributed by atoms with Crippen LogP contribution in [0.1, 0.15) is 56.4 Å². The Morgan fingerprint density at radius 3 is 1.71 bits per heavy atom. The summed E-state index contributed by atoms with van der Waals surface area (Å²) in [6.07, 6.45) is 3.14. The van der Waals surface area contributed by atoms with E-state index in [4.69, 9.17) is 18.9 Å². The topological polar surface area (TPSA) is 136 Å². The third-order valence-corrected chi connectivity index (χ3v) is 5.55. The third-order valence-electron chi connectivity index (χ3n) is 5.55. The van der Waals surface area contributed by atoms with Crippen molar-refractivity contribution in [2.75, 3.05) is 26.4 Å². The Kier molecular flexibility index (Phi) is 9.53. The number of rotatable bonds is 11. The highest BCUT2D eigenvalue weighted by Gasteiger charge is 2.39. The normalized spacial score (nSPS) is 11.0. The highest BCUT2D eigenvalue weighted by molar-refractivity contribution is 6.06. The molecule has 2 heterocycles. The number of benzene rings is 1. The minimum absolute atomic E-state index is 0.0367. The lowest BCUT2D eigenvalue weighted by Crippen LogP contribution is -2.29. The summed E-state index contributed by atoms with van der Waals surface area (Å²) in [7, 11) is 0. The van der Waals surface area contributed by atoms with Crippen molar-refractivity contribution in [3.05, 3.63) is 53.5 Å². The third kappa shape index (κ3) is 5.82. The van der Waals surface area contributed by atoms with Gasteiger partial charge in [-0.2, -0.15) is 0 Å². The van der Waals surface area contributed by atoms with Crippen molar-refractivity contribution in [2.45, 2.75) is 46.5 Å². The molecule has 0 fully saturated rings. The molecule has 0 aliphatic rings. The molecule has 0 aliphatic heterocycles. The van der Waals surface area contributed by atoms with Gasteiger partial charge in [-0.05, 0) is 46.2 Å². The van der Waals surface area contributed by atoms with Crippen LogP contribution < -0.4 is 0 Å². The summed E-state index contributed by atoms with van der Waals surface area (Å²) in [5, 5.41) is 0.513. The lowest BCUT2D eigenvalue weighted by atomic mass is 9.97. The van der Waals surface area contributed by atoms with E-state index >= 15 is 0 Å². The first kappa shape index (κ1) is 28.3. The average Bonchev–Trinajstić information content (AvgIpc) is 3.25. The molecule has 0 amide bonds. The Bertz CT molecular complexity index is 1280. The van der Waals surface area contributed by atoms with Crippen molar-refractivity contribution in [1.82, 2.24) is 14.5 Å². The van der Waals surface area contributed by atoms with Gasteiger partial charge in [-0.25, -0.2) is 9.97 Å². The molecule has 0 radical (unpaired) electrons. The number of aromatic nitrogens is 3. The van der Waals surface area contributed by atoms with E-state index in [-0.39, 0.29) is 43.6 Å². The quantitative estimate of drug-likeness (QED) is 0.209. The molecule has 0 aliphatic carbocycles. The van der Waals surface area contributed by atoms with Gasteiger partial charge >= 0.3 is 23.9 Å². The zero-order valence-corrected chi connectivity index (χ0v) is 22.1. The summed E-state index contributed by atoms with van der Waals surface area (Å²) in [6, 6.07) is 6.54. The van der Waals surface area contributed by atoms with Gasteiger partial charge in [-0.1, -0.05) is 18.2 Å². The molecule has 2 aromatic heterocycles. The molecule has 0 N–H and O–H groups in total. The first-order valence-electron chi connectivity index (χ1n) is 12.4. The summed E-state index contributed by atoms with van der Waals surface area (Å²) in [6.45, 7) is 8.49. The van der Waals surface area contributed by atoms with Crippen LogP contribution in [0.15, 0.2) is 36.7 Å². The molecule has 0 unspecified atom stereocenters. The van der Waals surface area contributed by atoms with Crippen molar-refractivity contribution in [3.8, 4) is 5.95 Å². The molecule has 1 aromatic carbocycles. The van der Waals surface area contributed by atoms with Gasteiger partial charge in [0.05, 0.1) is 37.6 Å². The average molecular weight is 526 g/mol. The summed E-state index contributed by atoms with van der Waals surface area (Å²) < 4.78 is 22.3. The molecule has 0 saturated heterocycles. The smallest absolute Gasteiger partial charge is 0.326 e. The van der Waals surface area contributed by atoms with Gasteiger partial charge in [0.1, 0.15) is 0 Å². The van der Waals surface area contributed by atoms with Crippen LogP contribution in [0, 0.1) is 6.92 Å². The predicted molar refractivity (Wildman–Crippen MR) is 136 cm³/mol. The standard InChI is InChI=1S/C27H31N3O8/c1-6-35-23(31)20(24(32)36-7-2)18-12-10-11-17-13-19(21(25(33)37-8-3)26(34)38-9-4)30(22(17)18)27-28-14-16(5)15-29-27/h10-15,20-21H,6-9H2,1-5H3. The van der Waals surface area contributed by atoms with Gasteiger partial charge < -0.3 is 18.9 Å². The molecule has 3 rings (SSSR count). The first-order valence-corrected chi connectivity index (χ1v) is 12.4. The van der Waals surface area contributed by atoms with Gasteiger partial charge in [0.15, 0.2) is 11.8 Å². The number of ether oxygens (including phenoxy) is 4. The second-order valence-electron chi connectivity index (χ2n) is 8.12. The number of aryl methyl sites for hydroxylation is 1. The Morgan fingerprint density at radius 1 is 0.763 bits per heavy atom. The fourth-order valence-electron chi connectivity index (χ4n) is 4.06. The van der Waals surface area contributed by atoms with Crippen LogP contribution in [0.4, 0.5) is 0 Å². The highest BCUT2D eigenvalue weighted by atomic mass is 16.6. The number of carbonyl (C=O) groups is 4. The van der Waals surface area contributed by atoms with E-state index in [9.17, 15) is 19.2 Å². The second kappa shape index (κ2) is 12.8. The van der Waals surface area contributed by atoms with Gasteiger partial charge in [0.2, 0.25) is 5.95 Å². The van der Waals surface area contributed by atoms with Crippen molar-refractivity contribution < 1.29 is 38.1 Å². The molecule has 0 atom stereocenters. The molecule has 0 bridgehead atoms. The number of carbonyl (C=O) groups excluding carboxylic acids is 4. The maximum Gasteiger partial charge on any atom is 0.326 e. The Labute approximate surface area is 220 Å². The van der Waals surface area contributed by atoms with Crippen LogP contribution in [0.2, 0.25) is 0 Å². The summed E-state index contributed by atoms with van der Waals surface area (Å²) in [4.78, 5) is 60.9. The van der Waals surface area contributed by atoms with Crippen molar-refractivity contribution in [1.29, 1.82) is 0 Å². The minimum atomic E-state index is -1.48. The van der Waals surface area contributed by atoms with E-state index in [1.807, 2.05) is 6.92 Å². The molecule has 0 saturated carbocycles. The predicted octanol–water partition coefficient (Wildman–Crippen LogP) is 3.15. The first-order chi connectivity index (χ1) is 18.3. The van der Waals surface area contributed by atoms with Crippen LogP contribution in [0.5, 0.6) is 0 Å². The number of hydrogen-bond acceptors (Lipinski definition) is 10. The Morgan fingerprint density at radius 2 is 1.24 bits per heavy atom. The number of para-hydroxylation sites is 1. The van der Waals surface area contributed by atoms with Crippen LogP contribution in [-0.2, 0) is 38.1 Å². The zero-order valence-electron chi connectivity index (χ0n) is 22.1. The minimum Gasteiger partial charge on any atom is -0.465 e. The molecular weight excluding hydrogens is 494 g/mol. The van der Waals surface area contributed by atoms with E-state index in [1.54, 1.807) is 64.4 Å². The number of esters is 4. The monoisotopic (exact) mass is 525 g/mol. The molecule has 38 heavy (non-hydrogen) atoms. The summed E-state index contributed by atoms with van der Waals surface area (Å²) in [5.74, 6) is -6.06. The van der Waals surface area contributed by atoms with Gasteiger partial charge in [0.25, 0.3) is 0 Å². The molecule has 202 valence electrons. The summed E-state index contributed by atoms with van der Waals surface area (Å²) in [5.41, 5.74) is 1.49. The van der Waals surface area contributed by atoms with Crippen LogP contribution in [0.25, 0.3) is 16.9 Å². The van der Waals surface area contributed by atoms with E-state index in [0.717, 1.165) is 5.56 Å². The van der Waals surface area contributed by atoms with Crippen molar-refractivity contribution >= 4 is 34.8 Å². The van der Waals surface area contributed by atoms with E-state index in [2.05, 4.69) is 9.97 Å². The van der Waals surface area contributed by atoms with Gasteiger partial charge in [0, 0.05) is 23.3 Å². The maximum atomic E-state index is 13.1. The SMILES string of the molecule is CCOC(=O)C(C(=O)OCC)c1cccc2cc(C(C(=O)OCC)C(=O)OCC)n(-c3ncc(C)cn3)c12. The van der Waals surface area contributed by atoms with E-state index in [1.165, 1.54) is 4.57 Å².